The Bertz CT molecular complexity index is 961. The Labute approximate surface area is 170 Å². The molecule has 2 aliphatic rings. The van der Waals surface area contributed by atoms with E-state index in [4.69, 9.17) is 0 Å². The molecule has 2 unspecified atom stereocenters. The summed E-state index contributed by atoms with van der Waals surface area (Å²) in [7, 11) is 3.97. The lowest BCUT2D eigenvalue weighted by Gasteiger charge is -2.16. The SMILES string of the molecule is CN(C)c1ccc(N=Nc2ccc(C(=O)NC(=O)[C@H]3CC4C=CC3C4)cc2)cc1. The number of rotatable bonds is 5. The van der Waals surface area contributed by atoms with Gasteiger partial charge in [0.05, 0.1) is 11.4 Å². The number of imide groups is 1. The zero-order chi connectivity index (χ0) is 20.4. The molecule has 1 fully saturated rings. The van der Waals surface area contributed by atoms with E-state index in [1.165, 1.54) is 0 Å². The van der Waals surface area contributed by atoms with Crippen molar-refractivity contribution in [3.63, 3.8) is 0 Å². The van der Waals surface area contributed by atoms with Crippen LogP contribution in [0.3, 0.4) is 0 Å². The maximum atomic E-state index is 12.4. The molecule has 2 amide bonds. The van der Waals surface area contributed by atoms with Crippen molar-refractivity contribution in [2.75, 3.05) is 19.0 Å². The highest BCUT2D eigenvalue weighted by Gasteiger charge is 2.40. The Morgan fingerprint density at radius 2 is 1.52 bits per heavy atom. The molecule has 0 spiro atoms. The lowest BCUT2D eigenvalue weighted by Crippen LogP contribution is -2.37. The molecule has 3 atom stereocenters. The molecule has 2 aliphatic carbocycles. The van der Waals surface area contributed by atoms with Gasteiger partial charge in [0.2, 0.25) is 5.91 Å². The third kappa shape index (κ3) is 4.26. The molecule has 1 N–H and O–H groups in total. The topological polar surface area (TPSA) is 74.1 Å². The van der Waals surface area contributed by atoms with Crippen molar-refractivity contribution >= 4 is 28.9 Å². The smallest absolute Gasteiger partial charge is 0.257 e. The van der Waals surface area contributed by atoms with Crippen molar-refractivity contribution in [2.45, 2.75) is 12.8 Å². The van der Waals surface area contributed by atoms with Crippen LogP contribution in [0.25, 0.3) is 0 Å². The zero-order valence-corrected chi connectivity index (χ0v) is 16.6. The highest BCUT2D eigenvalue weighted by Crippen LogP contribution is 2.43. The molecule has 0 aromatic heterocycles. The van der Waals surface area contributed by atoms with Gasteiger partial charge < -0.3 is 4.90 Å². The number of nitrogens with zero attached hydrogens (tertiary/aromatic N) is 3. The van der Waals surface area contributed by atoms with Gasteiger partial charge in [0.15, 0.2) is 0 Å². The molecule has 4 rings (SSSR count). The Balaban J connectivity index is 1.35. The van der Waals surface area contributed by atoms with Crippen molar-refractivity contribution in [2.24, 2.45) is 28.0 Å². The minimum absolute atomic E-state index is 0.0825. The molecule has 6 nitrogen and oxygen atoms in total. The van der Waals surface area contributed by atoms with Crippen LogP contribution in [0.15, 0.2) is 70.9 Å². The minimum Gasteiger partial charge on any atom is -0.378 e. The van der Waals surface area contributed by atoms with Gasteiger partial charge in [0.1, 0.15) is 0 Å². The molecular weight excluding hydrogens is 364 g/mol. The number of azo groups is 1. The van der Waals surface area contributed by atoms with Gasteiger partial charge >= 0.3 is 0 Å². The van der Waals surface area contributed by atoms with Crippen LogP contribution in [0, 0.1) is 17.8 Å². The summed E-state index contributed by atoms with van der Waals surface area (Å²) in [6.45, 7) is 0. The average Bonchev–Trinajstić information content (AvgIpc) is 3.36. The number of hydrogen-bond acceptors (Lipinski definition) is 5. The highest BCUT2D eigenvalue weighted by molar-refractivity contribution is 6.05. The summed E-state index contributed by atoms with van der Waals surface area (Å²) in [6, 6.07) is 14.5. The van der Waals surface area contributed by atoms with Crippen LogP contribution in [0.5, 0.6) is 0 Å². The number of carbonyl (C=O) groups excluding carboxylic acids is 2. The van der Waals surface area contributed by atoms with Crippen LogP contribution < -0.4 is 10.2 Å². The van der Waals surface area contributed by atoms with Crippen LogP contribution in [0.1, 0.15) is 23.2 Å². The fourth-order valence-corrected chi connectivity index (χ4v) is 3.97. The first-order valence-corrected chi connectivity index (χ1v) is 9.82. The van der Waals surface area contributed by atoms with Crippen molar-refractivity contribution in [1.29, 1.82) is 0 Å². The van der Waals surface area contributed by atoms with Gasteiger partial charge in [-0.15, -0.1) is 0 Å². The minimum atomic E-state index is -0.371. The lowest BCUT2D eigenvalue weighted by molar-refractivity contribution is -0.124. The maximum Gasteiger partial charge on any atom is 0.257 e. The first kappa shape index (κ1) is 19.1. The van der Waals surface area contributed by atoms with E-state index < -0.39 is 0 Å². The van der Waals surface area contributed by atoms with Crippen molar-refractivity contribution in [1.82, 2.24) is 5.32 Å². The second kappa shape index (κ2) is 7.99. The normalized spacial score (nSPS) is 22.2. The Hall–Kier alpha value is -3.28. The monoisotopic (exact) mass is 388 g/mol. The van der Waals surface area contributed by atoms with Crippen molar-refractivity contribution in [3.8, 4) is 0 Å². The van der Waals surface area contributed by atoms with Gasteiger partial charge in [0, 0.05) is 31.3 Å². The van der Waals surface area contributed by atoms with Crippen LogP contribution >= 0.6 is 0 Å². The van der Waals surface area contributed by atoms with Crippen molar-refractivity contribution < 1.29 is 9.59 Å². The predicted octanol–water partition coefficient (Wildman–Crippen LogP) is 4.64. The molecule has 0 aliphatic heterocycles. The highest BCUT2D eigenvalue weighted by atomic mass is 16.2. The summed E-state index contributed by atoms with van der Waals surface area (Å²) < 4.78 is 0. The molecule has 2 aromatic carbocycles. The quantitative estimate of drug-likeness (QED) is 0.461. The summed E-state index contributed by atoms with van der Waals surface area (Å²) in [4.78, 5) is 26.8. The van der Waals surface area contributed by atoms with Gasteiger partial charge in [0.25, 0.3) is 5.91 Å². The Morgan fingerprint density at radius 1 is 0.897 bits per heavy atom. The van der Waals surface area contributed by atoms with Crippen LogP contribution in [-0.2, 0) is 4.79 Å². The van der Waals surface area contributed by atoms with E-state index in [0.717, 1.165) is 24.2 Å². The second-order valence-electron chi connectivity index (χ2n) is 7.86. The number of nitrogens with one attached hydrogen (secondary N) is 1. The van der Waals surface area contributed by atoms with Gasteiger partial charge in [-0.05, 0) is 73.2 Å². The van der Waals surface area contributed by atoms with Crippen LogP contribution in [-0.4, -0.2) is 25.9 Å². The van der Waals surface area contributed by atoms with E-state index in [9.17, 15) is 9.59 Å². The maximum absolute atomic E-state index is 12.4. The van der Waals surface area contributed by atoms with Gasteiger partial charge in [-0.25, -0.2) is 0 Å². The largest absolute Gasteiger partial charge is 0.378 e. The standard InChI is InChI=1S/C23H24N4O2/c1-27(2)20-11-9-19(10-12-20)26-25-18-7-5-16(6-8-18)22(28)24-23(29)21-14-15-3-4-17(21)13-15/h3-12,15,17,21H,13-14H2,1-2H3,(H,24,28,29)/t15?,17?,21-/m0/s1. The first-order valence-electron chi connectivity index (χ1n) is 9.82. The molecule has 6 heteroatoms. The summed E-state index contributed by atoms with van der Waals surface area (Å²) >= 11 is 0. The summed E-state index contributed by atoms with van der Waals surface area (Å²) in [5.74, 6) is 0.152. The summed E-state index contributed by atoms with van der Waals surface area (Å²) in [6.07, 6.45) is 6.16. The molecular formula is C23H24N4O2. The van der Waals surface area contributed by atoms with E-state index in [1.54, 1.807) is 24.3 Å². The van der Waals surface area contributed by atoms with E-state index in [1.807, 2.05) is 43.3 Å². The number of allylic oxidation sites excluding steroid dienone is 2. The second-order valence-corrected chi connectivity index (χ2v) is 7.86. The van der Waals surface area contributed by atoms with Crippen molar-refractivity contribution in [3.05, 3.63) is 66.2 Å². The van der Waals surface area contributed by atoms with Crippen LogP contribution in [0.2, 0.25) is 0 Å². The number of hydrogen-bond donors (Lipinski definition) is 1. The molecule has 148 valence electrons. The van der Waals surface area contributed by atoms with E-state index in [-0.39, 0.29) is 23.7 Å². The predicted molar refractivity (Wildman–Crippen MR) is 113 cm³/mol. The summed E-state index contributed by atoms with van der Waals surface area (Å²) in [5.41, 5.74) is 2.92. The first-order chi connectivity index (χ1) is 14.0. The molecule has 2 aromatic rings. The van der Waals surface area contributed by atoms with Gasteiger partial charge in [-0.2, -0.15) is 10.2 Å². The van der Waals surface area contributed by atoms with Gasteiger partial charge in [-0.1, -0.05) is 12.2 Å². The number of amides is 2. The zero-order valence-electron chi connectivity index (χ0n) is 16.6. The fraction of sp³-hybridized carbons (Fsp3) is 0.304. The third-order valence-corrected chi connectivity index (χ3v) is 5.63. The van der Waals surface area contributed by atoms with E-state index in [0.29, 0.717) is 17.2 Å². The van der Waals surface area contributed by atoms with E-state index >= 15 is 0 Å². The van der Waals surface area contributed by atoms with Crippen LogP contribution in [0.4, 0.5) is 17.1 Å². The number of benzene rings is 2. The Kier molecular flexibility index (Phi) is 5.25. The number of fused-ring (bicyclic) bond motifs is 2. The molecule has 0 radical (unpaired) electrons. The molecule has 0 heterocycles. The third-order valence-electron chi connectivity index (χ3n) is 5.63. The molecule has 2 bridgehead atoms. The lowest BCUT2D eigenvalue weighted by atomic mass is 9.93. The molecule has 0 saturated heterocycles. The molecule has 29 heavy (non-hydrogen) atoms. The number of carbonyl (C=O) groups is 2. The average molecular weight is 388 g/mol. The fourth-order valence-electron chi connectivity index (χ4n) is 3.97. The number of anilines is 1. The molecule has 1 saturated carbocycles. The van der Waals surface area contributed by atoms with Gasteiger partial charge in [-0.3, -0.25) is 14.9 Å². The Morgan fingerprint density at radius 3 is 2.03 bits per heavy atom. The summed E-state index contributed by atoms with van der Waals surface area (Å²) in [5, 5.41) is 11.0. The van der Waals surface area contributed by atoms with E-state index in [2.05, 4.69) is 27.7 Å².